The number of aryl methyl sites for hydroxylation is 1. The molecule has 0 saturated heterocycles. The molecule has 0 aliphatic heterocycles. The second-order valence-corrected chi connectivity index (χ2v) is 4.76. The van der Waals surface area contributed by atoms with Gasteiger partial charge in [-0.1, -0.05) is 6.92 Å². The lowest BCUT2D eigenvalue weighted by Gasteiger charge is -2.12. The molecule has 2 aromatic rings. The number of alkyl halides is 3. The SMILES string of the molecule is CCc1c(C)nn(-c2cc(C(F)(F)F)cc(NC)n2)c1C. The Morgan fingerprint density at radius 1 is 1.24 bits per heavy atom. The smallest absolute Gasteiger partial charge is 0.373 e. The number of hydrogen-bond acceptors (Lipinski definition) is 3. The molecule has 0 aliphatic carbocycles. The normalized spacial score (nSPS) is 11.8. The quantitative estimate of drug-likeness (QED) is 0.943. The van der Waals surface area contributed by atoms with Gasteiger partial charge in [0.25, 0.3) is 0 Å². The van der Waals surface area contributed by atoms with E-state index in [9.17, 15) is 13.2 Å². The molecule has 21 heavy (non-hydrogen) atoms. The summed E-state index contributed by atoms with van der Waals surface area (Å²) < 4.78 is 40.4. The first-order valence-corrected chi connectivity index (χ1v) is 6.60. The average Bonchev–Trinajstić information content (AvgIpc) is 2.72. The molecule has 2 heterocycles. The van der Waals surface area contributed by atoms with Crippen LogP contribution in [0.5, 0.6) is 0 Å². The number of halogens is 3. The van der Waals surface area contributed by atoms with E-state index in [-0.39, 0.29) is 11.6 Å². The Kier molecular flexibility index (Phi) is 3.93. The minimum absolute atomic E-state index is 0.158. The van der Waals surface area contributed by atoms with Crippen molar-refractivity contribution in [3.8, 4) is 5.82 Å². The minimum Gasteiger partial charge on any atom is -0.373 e. The molecular formula is C14H17F3N4. The Bertz CT molecular complexity index is 659. The van der Waals surface area contributed by atoms with E-state index in [2.05, 4.69) is 15.4 Å². The lowest BCUT2D eigenvalue weighted by atomic mass is 10.1. The molecule has 0 atom stereocenters. The van der Waals surface area contributed by atoms with E-state index in [1.807, 2.05) is 20.8 Å². The van der Waals surface area contributed by atoms with Crippen molar-refractivity contribution in [1.82, 2.24) is 14.8 Å². The highest BCUT2D eigenvalue weighted by atomic mass is 19.4. The molecular weight excluding hydrogens is 281 g/mol. The van der Waals surface area contributed by atoms with Crippen LogP contribution in [0.25, 0.3) is 5.82 Å². The van der Waals surface area contributed by atoms with Crippen LogP contribution >= 0.6 is 0 Å². The van der Waals surface area contributed by atoms with E-state index in [4.69, 9.17) is 0 Å². The summed E-state index contributed by atoms with van der Waals surface area (Å²) in [6, 6.07) is 2.00. The van der Waals surface area contributed by atoms with Crippen molar-refractivity contribution >= 4 is 5.82 Å². The van der Waals surface area contributed by atoms with Gasteiger partial charge in [0.1, 0.15) is 5.82 Å². The first kappa shape index (κ1) is 15.3. The molecule has 2 aromatic heterocycles. The van der Waals surface area contributed by atoms with Crippen molar-refractivity contribution in [2.75, 3.05) is 12.4 Å². The molecule has 0 aliphatic rings. The van der Waals surface area contributed by atoms with Gasteiger partial charge in [0.15, 0.2) is 5.82 Å². The zero-order valence-corrected chi connectivity index (χ0v) is 12.3. The maximum absolute atomic E-state index is 13.0. The van der Waals surface area contributed by atoms with Gasteiger partial charge in [0.05, 0.1) is 11.3 Å². The molecule has 1 N–H and O–H groups in total. The molecule has 114 valence electrons. The van der Waals surface area contributed by atoms with Gasteiger partial charge in [-0.15, -0.1) is 0 Å². The Balaban J connectivity index is 2.64. The molecule has 0 unspecified atom stereocenters. The van der Waals surface area contributed by atoms with Gasteiger partial charge in [-0.3, -0.25) is 0 Å². The van der Waals surface area contributed by atoms with Gasteiger partial charge >= 0.3 is 6.18 Å². The zero-order valence-electron chi connectivity index (χ0n) is 12.3. The van der Waals surface area contributed by atoms with Gasteiger partial charge in [0, 0.05) is 12.7 Å². The van der Waals surface area contributed by atoms with Crippen molar-refractivity contribution in [3.05, 3.63) is 34.6 Å². The van der Waals surface area contributed by atoms with Crippen LogP contribution in [0.3, 0.4) is 0 Å². The molecule has 0 fully saturated rings. The topological polar surface area (TPSA) is 42.7 Å². The summed E-state index contributed by atoms with van der Waals surface area (Å²) in [7, 11) is 1.53. The van der Waals surface area contributed by atoms with Crippen molar-refractivity contribution in [2.45, 2.75) is 33.4 Å². The molecule has 2 rings (SSSR count). The third-order valence-electron chi connectivity index (χ3n) is 3.41. The number of nitrogens with one attached hydrogen (secondary N) is 1. The van der Waals surface area contributed by atoms with E-state index in [1.54, 1.807) is 0 Å². The summed E-state index contributed by atoms with van der Waals surface area (Å²) >= 11 is 0. The maximum atomic E-state index is 13.0. The molecule has 0 amide bonds. The summed E-state index contributed by atoms with van der Waals surface area (Å²) in [6.07, 6.45) is -3.65. The van der Waals surface area contributed by atoms with Crippen LogP contribution in [0, 0.1) is 13.8 Å². The second-order valence-electron chi connectivity index (χ2n) is 4.76. The molecule has 0 aromatic carbocycles. The van der Waals surface area contributed by atoms with E-state index in [0.717, 1.165) is 35.5 Å². The van der Waals surface area contributed by atoms with E-state index in [0.29, 0.717) is 0 Å². The summed E-state index contributed by atoms with van der Waals surface area (Å²) in [4.78, 5) is 4.17. The van der Waals surface area contributed by atoms with E-state index in [1.165, 1.54) is 11.7 Å². The number of pyridine rings is 1. The van der Waals surface area contributed by atoms with Gasteiger partial charge in [-0.25, -0.2) is 9.67 Å². The Labute approximate surface area is 121 Å². The molecule has 0 radical (unpaired) electrons. The van der Waals surface area contributed by atoms with Crippen molar-refractivity contribution < 1.29 is 13.2 Å². The lowest BCUT2D eigenvalue weighted by molar-refractivity contribution is -0.137. The number of nitrogens with zero attached hydrogens (tertiary/aromatic N) is 3. The van der Waals surface area contributed by atoms with Crippen molar-refractivity contribution in [3.63, 3.8) is 0 Å². The highest BCUT2D eigenvalue weighted by Gasteiger charge is 2.32. The molecule has 7 heteroatoms. The van der Waals surface area contributed by atoms with Gasteiger partial charge < -0.3 is 5.32 Å². The number of rotatable bonds is 3. The van der Waals surface area contributed by atoms with Crippen LogP contribution in [0.4, 0.5) is 19.0 Å². The summed E-state index contributed by atoms with van der Waals surface area (Å²) in [5.41, 5.74) is 1.90. The number of hydrogen-bond donors (Lipinski definition) is 1. The van der Waals surface area contributed by atoms with E-state index < -0.39 is 11.7 Å². The standard InChI is InChI=1S/C14H17F3N4/c1-5-11-8(2)20-21(9(11)3)13-7-10(14(15,16)17)6-12(18-4)19-13/h6-7H,5H2,1-4H3,(H,18,19). The summed E-state index contributed by atoms with van der Waals surface area (Å²) in [5, 5.41) is 6.96. The van der Waals surface area contributed by atoms with Gasteiger partial charge in [-0.2, -0.15) is 18.3 Å². The molecule has 0 saturated carbocycles. The monoisotopic (exact) mass is 298 g/mol. The van der Waals surface area contributed by atoms with Crippen molar-refractivity contribution in [1.29, 1.82) is 0 Å². The number of aromatic nitrogens is 3. The Morgan fingerprint density at radius 2 is 1.90 bits per heavy atom. The molecule has 0 bridgehead atoms. The second kappa shape index (κ2) is 5.38. The largest absolute Gasteiger partial charge is 0.416 e. The van der Waals surface area contributed by atoms with Crippen LogP contribution in [-0.2, 0) is 12.6 Å². The van der Waals surface area contributed by atoms with E-state index >= 15 is 0 Å². The minimum atomic E-state index is -4.42. The molecule has 0 spiro atoms. The first-order valence-electron chi connectivity index (χ1n) is 6.60. The average molecular weight is 298 g/mol. The fourth-order valence-corrected chi connectivity index (χ4v) is 2.33. The van der Waals surface area contributed by atoms with Gasteiger partial charge in [0.2, 0.25) is 0 Å². The van der Waals surface area contributed by atoms with Crippen LogP contribution in [0.15, 0.2) is 12.1 Å². The highest BCUT2D eigenvalue weighted by molar-refractivity contribution is 5.45. The van der Waals surface area contributed by atoms with Crippen LogP contribution < -0.4 is 5.32 Å². The summed E-state index contributed by atoms with van der Waals surface area (Å²) in [5.74, 6) is 0.319. The molecule has 4 nitrogen and oxygen atoms in total. The summed E-state index contributed by atoms with van der Waals surface area (Å²) in [6.45, 7) is 5.66. The van der Waals surface area contributed by atoms with Crippen molar-refractivity contribution in [2.24, 2.45) is 0 Å². The van der Waals surface area contributed by atoms with Crippen LogP contribution in [0.2, 0.25) is 0 Å². The fraction of sp³-hybridized carbons (Fsp3) is 0.429. The fourth-order valence-electron chi connectivity index (χ4n) is 2.33. The third-order valence-corrected chi connectivity index (χ3v) is 3.41. The van der Waals surface area contributed by atoms with Gasteiger partial charge in [-0.05, 0) is 38.0 Å². The maximum Gasteiger partial charge on any atom is 0.416 e. The van der Waals surface area contributed by atoms with Crippen LogP contribution in [-0.4, -0.2) is 21.8 Å². The zero-order chi connectivity index (χ0) is 15.8. The third kappa shape index (κ3) is 2.86. The lowest BCUT2D eigenvalue weighted by Crippen LogP contribution is -2.11. The first-order chi connectivity index (χ1) is 9.77. The number of anilines is 1. The predicted octanol–water partition coefficient (Wildman–Crippen LogP) is 3.51. The van der Waals surface area contributed by atoms with Crippen LogP contribution in [0.1, 0.15) is 29.4 Å². The predicted molar refractivity (Wildman–Crippen MR) is 74.8 cm³/mol. The highest BCUT2D eigenvalue weighted by Crippen LogP contribution is 2.32. The Hall–Kier alpha value is -2.05. The Morgan fingerprint density at radius 3 is 2.38 bits per heavy atom.